The van der Waals surface area contributed by atoms with E-state index in [1.54, 1.807) is 11.3 Å². The molecule has 3 nitrogen and oxygen atoms in total. The number of aromatic nitrogens is 3. The van der Waals surface area contributed by atoms with Crippen molar-refractivity contribution in [1.82, 2.24) is 15.0 Å². The van der Waals surface area contributed by atoms with Gasteiger partial charge in [0.15, 0.2) is 5.82 Å². The molecule has 0 radical (unpaired) electrons. The van der Waals surface area contributed by atoms with Gasteiger partial charge in [0.05, 0.1) is 5.69 Å². The van der Waals surface area contributed by atoms with Gasteiger partial charge in [-0.1, -0.05) is 6.07 Å². The van der Waals surface area contributed by atoms with Crippen LogP contribution in [0.2, 0.25) is 0 Å². The van der Waals surface area contributed by atoms with Gasteiger partial charge in [-0.3, -0.25) is 0 Å². The van der Waals surface area contributed by atoms with Gasteiger partial charge in [0.1, 0.15) is 5.69 Å². The summed E-state index contributed by atoms with van der Waals surface area (Å²) in [7, 11) is 0. The van der Waals surface area contributed by atoms with Crippen LogP contribution >= 0.6 is 11.3 Å². The van der Waals surface area contributed by atoms with Crippen molar-refractivity contribution in [2.45, 2.75) is 32.6 Å². The lowest BCUT2D eigenvalue weighted by atomic mass is 9.93. The summed E-state index contributed by atoms with van der Waals surface area (Å²) in [5, 5.41) is 4.28. The highest BCUT2D eigenvalue weighted by Crippen LogP contribution is 2.32. The van der Waals surface area contributed by atoms with Gasteiger partial charge >= 0.3 is 0 Å². The standard InChI is InChI=1S/C18H17N3S/c1-12-5-4-8-16(19-12)18-20-15-7-3-2-6-14(15)17(21-18)13-9-10-22-11-13/h4-5,8-11H,2-3,6-7H2,1H3. The van der Waals surface area contributed by atoms with Crippen LogP contribution in [0.1, 0.15) is 29.8 Å². The summed E-state index contributed by atoms with van der Waals surface area (Å²) in [5.74, 6) is 0.755. The van der Waals surface area contributed by atoms with Crippen LogP contribution in [0.4, 0.5) is 0 Å². The van der Waals surface area contributed by atoms with Gasteiger partial charge < -0.3 is 0 Å². The van der Waals surface area contributed by atoms with E-state index in [1.807, 2.05) is 25.1 Å². The molecule has 0 aromatic carbocycles. The van der Waals surface area contributed by atoms with Crippen LogP contribution in [0.15, 0.2) is 35.0 Å². The molecule has 0 fully saturated rings. The first-order valence-electron chi connectivity index (χ1n) is 7.67. The van der Waals surface area contributed by atoms with E-state index in [1.165, 1.54) is 29.7 Å². The third-order valence-corrected chi connectivity index (χ3v) is 4.78. The van der Waals surface area contributed by atoms with Crippen LogP contribution in [-0.4, -0.2) is 15.0 Å². The first-order valence-corrected chi connectivity index (χ1v) is 8.62. The number of nitrogens with zero attached hydrogens (tertiary/aromatic N) is 3. The van der Waals surface area contributed by atoms with Gasteiger partial charge in [-0.2, -0.15) is 11.3 Å². The zero-order chi connectivity index (χ0) is 14.9. The number of aryl methyl sites for hydroxylation is 2. The molecule has 0 N–H and O–H groups in total. The molecule has 4 heteroatoms. The van der Waals surface area contributed by atoms with Gasteiger partial charge in [0, 0.05) is 27.9 Å². The van der Waals surface area contributed by atoms with Crippen LogP contribution in [0.25, 0.3) is 22.8 Å². The fourth-order valence-electron chi connectivity index (χ4n) is 3.01. The molecule has 0 aliphatic heterocycles. The maximum absolute atomic E-state index is 4.87. The van der Waals surface area contributed by atoms with E-state index in [2.05, 4.69) is 21.8 Å². The highest BCUT2D eigenvalue weighted by Gasteiger charge is 2.20. The summed E-state index contributed by atoms with van der Waals surface area (Å²) < 4.78 is 0. The molecule has 22 heavy (non-hydrogen) atoms. The zero-order valence-corrected chi connectivity index (χ0v) is 13.4. The van der Waals surface area contributed by atoms with Crippen LogP contribution in [0, 0.1) is 6.92 Å². The number of thiophene rings is 1. The van der Waals surface area contributed by atoms with Crippen molar-refractivity contribution in [3.63, 3.8) is 0 Å². The van der Waals surface area contributed by atoms with E-state index >= 15 is 0 Å². The van der Waals surface area contributed by atoms with E-state index in [0.29, 0.717) is 0 Å². The number of hydrogen-bond donors (Lipinski definition) is 0. The van der Waals surface area contributed by atoms with Gasteiger partial charge in [0.2, 0.25) is 0 Å². The van der Waals surface area contributed by atoms with E-state index in [-0.39, 0.29) is 0 Å². The predicted octanol–water partition coefficient (Wildman–Crippen LogP) is 4.45. The SMILES string of the molecule is Cc1cccc(-c2nc3c(c(-c4ccsc4)n2)CCCC3)n1. The topological polar surface area (TPSA) is 38.7 Å². The molecule has 3 aromatic rings. The normalized spacial score (nSPS) is 13.9. The minimum atomic E-state index is 0.755. The van der Waals surface area contributed by atoms with Crippen LogP contribution in [0.5, 0.6) is 0 Å². The van der Waals surface area contributed by atoms with Crippen molar-refractivity contribution in [2.24, 2.45) is 0 Å². The first kappa shape index (κ1) is 13.6. The zero-order valence-electron chi connectivity index (χ0n) is 12.5. The molecule has 4 rings (SSSR count). The average molecular weight is 307 g/mol. The molecule has 3 aromatic heterocycles. The third-order valence-electron chi connectivity index (χ3n) is 4.10. The molecular weight excluding hydrogens is 290 g/mol. The number of pyridine rings is 1. The fourth-order valence-corrected chi connectivity index (χ4v) is 3.65. The predicted molar refractivity (Wildman–Crippen MR) is 90.0 cm³/mol. The molecular formula is C18H17N3S. The number of fused-ring (bicyclic) bond motifs is 1. The van der Waals surface area contributed by atoms with E-state index in [0.717, 1.165) is 35.7 Å². The highest BCUT2D eigenvalue weighted by atomic mass is 32.1. The quantitative estimate of drug-likeness (QED) is 0.702. The molecule has 1 aliphatic carbocycles. The van der Waals surface area contributed by atoms with Crippen LogP contribution in [-0.2, 0) is 12.8 Å². The molecule has 110 valence electrons. The van der Waals surface area contributed by atoms with Crippen molar-refractivity contribution in [2.75, 3.05) is 0 Å². The summed E-state index contributed by atoms with van der Waals surface area (Å²) >= 11 is 1.71. The second kappa shape index (κ2) is 5.61. The second-order valence-electron chi connectivity index (χ2n) is 5.70. The Bertz CT molecular complexity index is 809. The van der Waals surface area contributed by atoms with Crippen LogP contribution < -0.4 is 0 Å². The lowest BCUT2D eigenvalue weighted by Crippen LogP contribution is -2.10. The Labute approximate surface area is 134 Å². The summed E-state index contributed by atoms with van der Waals surface area (Å²) in [6.07, 6.45) is 4.58. The maximum Gasteiger partial charge on any atom is 0.178 e. The Hall–Kier alpha value is -2.07. The smallest absolute Gasteiger partial charge is 0.178 e. The molecule has 0 unspecified atom stereocenters. The molecule has 1 aliphatic rings. The highest BCUT2D eigenvalue weighted by molar-refractivity contribution is 7.08. The Morgan fingerprint density at radius 1 is 1.00 bits per heavy atom. The number of hydrogen-bond acceptors (Lipinski definition) is 4. The summed E-state index contributed by atoms with van der Waals surface area (Å²) in [6, 6.07) is 8.16. The van der Waals surface area contributed by atoms with E-state index < -0.39 is 0 Å². The Morgan fingerprint density at radius 3 is 2.73 bits per heavy atom. The molecule has 0 amide bonds. The molecule has 0 spiro atoms. The number of rotatable bonds is 2. The van der Waals surface area contributed by atoms with Gasteiger partial charge in [-0.15, -0.1) is 0 Å². The molecule has 0 saturated carbocycles. The minimum Gasteiger partial charge on any atom is -0.250 e. The summed E-state index contributed by atoms with van der Waals surface area (Å²) in [6.45, 7) is 2.00. The van der Waals surface area contributed by atoms with Crippen LogP contribution in [0.3, 0.4) is 0 Å². The van der Waals surface area contributed by atoms with Crippen molar-refractivity contribution >= 4 is 11.3 Å². The van der Waals surface area contributed by atoms with Crippen molar-refractivity contribution in [1.29, 1.82) is 0 Å². The Balaban J connectivity index is 1.92. The lowest BCUT2D eigenvalue weighted by molar-refractivity contribution is 0.665. The second-order valence-corrected chi connectivity index (χ2v) is 6.48. The Kier molecular flexibility index (Phi) is 3.47. The van der Waals surface area contributed by atoms with E-state index in [9.17, 15) is 0 Å². The summed E-state index contributed by atoms with van der Waals surface area (Å²) in [5.41, 5.74) is 6.71. The third kappa shape index (κ3) is 2.44. The van der Waals surface area contributed by atoms with Gasteiger partial charge in [-0.25, -0.2) is 15.0 Å². The van der Waals surface area contributed by atoms with Crippen molar-refractivity contribution in [3.8, 4) is 22.8 Å². The van der Waals surface area contributed by atoms with Crippen molar-refractivity contribution in [3.05, 3.63) is 52.0 Å². The molecule has 0 bridgehead atoms. The van der Waals surface area contributed by atoms with E-state index in [4.69, 9.17) is 9.97 Å². The molecule has 0 saturated heterocycles. The van der Waals surface area contributed by atoms with Gasteiger partial charge in [-0.05, 0) is 56.2 Å². The molecule has 0 atom stereocenters. The summed E-state index contributed by atoms with van der Waals surface area (Å²) in [4.78, 5) is 14.3. The lowest BCUT2D eigenvalue weighted by Gasteiger charge is -2.18. The Morgan fingerprint density at radius 2 is 1.91 bits per heavy atom. The molecule has 3 heterocycles. The first-order chi connectivity index (χ1) is 10.8. The van der Waals surface area contributed by atoms with Crippen molar-refractivity contribution < 1.29 is 0 Å². The monoisotopic (exact) mass is 307 g/mol. The average Bonchev–Trinajstić information content (AvgIpc) is 3.08. The maximum atomic E-state index is 4.87. The largest absolute Gasteiger partial charge is 0.250 e. The minimum absolute atomic E-state index is 0.755. The fraction of sp³-hybridized carbons (Fsp3) is 0.278. The van der Waals surface area contributed by atoms with Gasteiger partial charge in [0.25, 0.3) is 0 Å².